The maximum absolute atomic E-state index is 12.2. The molecule has 0 saturated carbocycles. The minimum atomic E-state index is -4.51. The van der Waals surface area contributed by atoms with Crippen LogP contribution in [0.25, 0.3) is 0 Å². The molecular formula is C11H10F5NO2. The third-order valence-electron chi connectivity index (χ3n) is 2.24. The molecule has 0 radical (unpaired) electrons. The van der Waals surface area contributed by atoms with Crippen molar-refractivity contribution in [2.45, 2.75) is 18.7 Å². The fourth-order valence-corrected chi connectivity index (χ4v) is 1.20. The Labute approximate surface area is 105 Å². The lowest BCUT2D eigenvalue weighted by molar-refractivity contribution is -0.137. The van der Waals surface area contributed by atoms with E-state index >= 15 is 0 Å². The van der Waals surface area contributed by atoms with Crippen molar-refractivity contribution >= 4 is 5.91 Å². The number of nitrogens with one attached hydrogen (secondary N) is 1. The lowest BCUT2D eigenvalue weighted by Crippen LogP contribution is -2.35. The van der Waals surface area contributed by atoms with Gasteiger partial charge in [0.2, 0.25) is 0 Å². The van der Waals surface area contributed by atoms with Crippen LogP contribution in [0.2, 0.25) is 0 Å². The van der Waals surface area contributed by atoms with Crippen LogP contribution < -0.4 is 5.32 Å². The van der Waals surface area contributed by atoms with Gasteiger partial charge in [-0.25, -0.2) is 8.78 Å². The Morgan fingerprint density at radius 2 is 1.74 bits per heavy atom. The van der Waals surface area contributed by atoms with Gasteiger partial charge < -0.3 is 10.4 Å². The van der Waals surface area contributed by atoms with Crippen molar-refractivity contribution in [2.24, 2.45) is 0 Å². The van der Waals surface area contributed by atoms with E-state index in [9.17, 15) is 26.7 Å². The van der Waals surface area contributed by atoms with Gasteiger partial charge in [0, 0.05) is 12.1 Å². The van der Waals surface area contributed by atoms with E-state index in [4.69, 9.17) is 5.11 Å². The molecule has 0 aliphatic rings. The number of carbonyl (C=O) groups is 1. The minimum Gasteiger partial charge on any atom is -0.385 e. The number of carbonyl (C=O) groups excluding carboxylic acids is 1. The lowest BCUT2D eigenvalue weighted by Gasteiger charge is -2.11. The first-order valence-electron chi connectivity index (χ1n) is 5.13. The van der Waals surface area contributed by atoms with Gasteiger partial charge in [-0.15, -0.1) is 0 Å². The Hall–Kier alpha value is -1.70. The fraction of sp³-hybridized carbons (Fsp3) is 0.364. The second kappa shape index (κ2) is 5.96. The van der Waals surface area contributed by atoms with Crippen LogP contribution in [0.5, 0.6) is 0 Å². The second-order valence-corrected chi connectivity index (χ2v) is 3.69. The molecule has 2 N–H and O–H groups in total. The summed E-state index contributed by atoms with van der Waals surface area (Å²) >= 11 is 0. The molecule has 1 unspecified atom stereocenters. The van der Waals surface area contributed by atoms with Gasteiger partial charge in [-0.2, -0.15) is 13.2 Å². The Kier molecular flexibility index (Phi) is 4.82. The van der Waals surface area contributed by atoms with Crippen LogP contribution in [0.1, 0.15) is 15.9 Å². The summed E-state index contributed by atoms with van der Waals surface area (Å²) in [6.07, 6.45) is -9.53. The van der Waals surface area contributed by atoms with E-state index in [1.807, 2.05) is 5.32 Å². The van der Waals surface area contributed by atoms with E-state index in [0.717, 1.165) is 12.1 Å². The predicted molar refractivity (Wildman–Crippen MR) is 55.8 cm³/mol. The van der Waals surface area contributed by atoms with E-state index < -0.39 is 36.7 Å². The Bertz CT molecular complexity index is 430. The molecule has 19 heavy (non-hydrogen) atoms. The summed E-state index contributed by atoms with van der Waals surface area (Å²) in [5.41, 5.74) is -1.04. The maximum atomic E-state index is 12.2. The van der Waals surface area contributed by atoms with Crippen molar-refractivity contribution < 1.29 is 31.9 Å². The van der Waals surface area contributed by atoms with Crippen molar-refractivity contribution in [3.8, 4) is 0 Å². The third kappa shape index (κ3) is 4.47. The summed E-state index contributed by atoms with van der Waals surface area (Å²) in [5.74, 6) is -0.839. The first-order chi connectivity index (χ1) is 8.71. The first-order valence-corrected chi connectivity index (χ1v) is 5.13. The summed E-state index contributed by atoms with van der Waals surface area (Å²) in [4.78, 5) is 11.4. The molecule has 0 aliphatic heterocycles. The van der Waals surface area contributed by atoms with Crippen molar-refractivity contribution in [1.29, 1.82) is 0 Å². The molecule has 0 aliphatic carbocycles. The Morgan fingerprint density at radius 3 is 2.16 bits per heavy atom. The van der Waals surface area contributed by atoms with Crippen LogP contribution in [-0.4, -0.2) is 30.1 Å². The zero-order chi connectivity index (χ0) is 14.6. The van der Waals surface area contributed by atoms with Gasteiger partial charge in [0.15, 0.2) is 0 Å². The zero-order valence-corrected chi connectivity index (χ0v) is 9.42. The smallest absolute Gasteiger partial charge is 0.385 e. The molecule has 0 heterocycles. The third-order valence-corrected chi connectivity index (χ3v) is 2.24. The van der Waals surface area contributed by atoms with Crippen LogP contribution >= 0.6 is 0 Å². The van der Waals surface area contributed by atoms with Crippen molar-refractivity contribution in [2.75, 3.05) is 6.54 Å². The summed E-state index contributed by atoms with van der Waals surface area (Å²) < 4.78 is 60.6. The number of benzene rings is 1. The fourth-order valence-electron chi connectivity index (χ4n) is 1.20. The monoisotopic (exact) mass is 283 g/mol. The molecule has 1 amide bonds. The summed E-state index contributed by atoms with van der Waals surface area (Å²) in [6, 6.07) is 3.26. The normalized spacial score (nSPS) is 13.4. The zero-order valence-electron chi connectivity index (χ0n) is 9.42. The van der Waals surface area contributed by atoms with Crippen LogP contribution in [0, 0.1) is 0 Å². The van der Waals surface area contributed by atoms with Crippen molar-refractivity contribution in [3.63, 3.8) is 0 Å². The van der Waals surface area contributed by atoms with Gasteiger partial charge in [0.25, 0.3) is 12.3 Å². The number of amides is 1. The minimum absolute atomic E-state index is 0.116. The van der Waals surface area contributed by atoms with E-state index in [1.54, 1.807) is 0 Å². The average molecular weight is 283 g/mol. The van der Waals surface area contributed by atoms with Crippen molar-refractivity contribution in [3.05, 3.63) is 35.4 Å². The quantitative estimate of drug-likeness (QED) is 0.831. The molecule has 8 heteroatoms. The molecule has 1 aromatic carbocycles. The predicted octanol–water partition coefficient (Wildman–Crippen LogP) is 2.06. The standard InChI is InChI=1S/C11H10F5NO2/c12-9(13)8(18)5-17-10(19)6-1-3-7(4-2-6)11(14,15)16/h1-4,8-9,18H,5H2,(H,17,19). The molecule has 0 fully saturated rings. The van der Waals surface area contributed by atoms with E-state index in [0.29, 0.717) is 12.1 Å². The number of halogens is 5. The maximum Gasteiger partial charge on any atom is 0.416 e. The number of rotatable bonds is 4. The molecule has 106 valence electrons. The number of hydrogen-bond donors (Lipinski definition) is 2. The molecular weight excluding hydrogens is 273 g/mol. The molecule has 0 aromatic heterocycles. The number of aliphatic hydroxyl groups excluding tert-OH is 1. The highest BCUT2D eigenvalue weighted by atomic mass is 19.4. The molecule has 1 aromatic rings. The molecule has 0 saturated heterocycles. The van der Waals surface area contributed by atoms with Gasteiger partial charge in [-0.1, -0.05) is 0 Å². The van der Waals surface area contributed by atoms with Gasteiger partial charge >= 0.3 is 6.18 Å². The van der Waals surface area contributed by atoms with Gasteiger partial charge in [-0.05, 0) is 24.3 Å². The number of hydrogen-bond acceptors (Lipinski definition) is 2. The first kappa shape index (κ1) is 15.4. The molecule has 0 bridgehead atoms. The number of aliphatic hydroxyl groups is 1. The SMILES string of the molecule is O=C(NCC(O)C(F)F)c1ccc(C(F)(F)F)cc1. The van der Waals surface area contributed by atoms with Gasteiger partial charge in [0.1, 0.15) is 6.10 Å². The molecule has 1 atom stereocenters. The highest BCUT2D eigenvalue weighted by molar-refractivity contribution is 5.94. The Balaban J connectivity index is 2.64. The van der Waals surface area contributed by atoms with Crippen LogP contribution in [0.3, 0.4) is 0 Å². The van der Waals surface area contributed by atoms with Crippen LogP contribution in [0.15, 0.2) is 24.3 Å². The van der Waals surface area contributed by atoms with Gasteiger partial charge in [-0.3, -0.25) is 4.79 Å². The van der Waals surface area contributed by atoms with Crippen molar-refractivity contribution in [1.82, 2.24) is 5.32 Å². The van der Waals surface area contributed by atoms with E-state index in [-0.39, 0.29) is 5.56 Å². The summed E-state index contributed by atoms with van der Waals surface area (Å²) in [7, 11) is 0. The van der Waals surface area contributed by atoms with E-state index in [2.05, 4.69) is 0 Å². The lowest BCUT2D eigenvalue weighted by atomic mass is 10.1. The molecule has 3 nitrogen and oxygen atoms in total. The average Bonchev–Trinajstić information content (AvgIpc) is 2.34. The highest BCUT2D eigenvalue weighted by Crippen LogP contribution is 2.29. The summed E-state index contributed by atoms with van der Waals surface area (Å²) in [5, 5.41) is 10.7. The van der Waals surface area contributed by atoms with Gasteiger partial charge in [0.05, 0.1) is 5.56 Å². The largest absolute Gasteiger partial charge is 0.416 e. The second-order valence-electron chi connectivity index (χ2n) is 3.69. The van der Waals surface area contributed by atoms with Crippen LogP contribution in [-0.2, 0) is 6.18 Å². The topological polar surface area (TPSA) is 49.3 Å². The van der Waals surface area contributed by atoms with E-state index in [1.165, 1.54) is 0 Å². The molecule has 0 spiro atoms. The number of alkyl halides is 5. The van der Waals surface area contributed by atoms with Crippen LogP contribution in [0.4, 0.5) is 22.0 Å². The molecule has 1 rings (SSSR count). The Morgan fingerprint density at radius 1 is 1.21 bits per heavy atom. The highest BCUT2D eigenvalue weighted by Gasteiger charge is 2.30. The summed E-state index contributed by atoms with van der Waals surface area (Å²) in [6.45, 7) is -0.683.